The fourth-order valence-corrected chi connectivity index (χ4v) is 4.63. The van der Waals surface area contributed by atoms with Crippen LogP contribution in [0.1, 0.15) is 34.1 Å². The van der Waals surface area contributed by atoms with Gasteiger partial charge in [-0.3, -0.25) is 38.8 Å². The lowest BCUT2D eigenvalue weighted by Crippen LogP contribution is -2.51. The number of Topliss-reactive ketones (excluding diaryl/α,β-unsaturated/α-hetero) is 4. The maximum Gasteiger partial charge on any atom is 0.419 e. The molecule has 212 valence electrons. The minimum absolute atomic E-state index is 0.0420. The fraction of sp³-hybridized carbons (Fsp3) is 0.692. The Bertz CT molecular complexity index is 905. The van der Waals surface area contributed by atoms with Crippen molar-refractivity contribution in [3.05, 3.63) is 18.7 Å². The molecule has 12 heteroatoms. The Balaban J connectivity index is 2.17. The van der Waals surface area contributed by atoms with E-state index in [1.165, 1.54) is 30.2 Å². The SMILES string of the molecule is CC(=O)CN1CCN(CC(C)=O)CCN(C(CCOC(=O)n2ccnc2)C(C)=O)CCN(CC(C)=O)CC1. The standard InChI is InChI=1S/C26H42N6O6/c1-21(33)17-28-8-10-29(18-22(2)34)12-14-31(15-13-30(11-9-28)19-23(3)35)25(24(4)36)5-16-38-26(37)32-7-6-27-20-32/h6-7,20,25H,5,8-19H2,1-4H3. The van der Waals surface area contributed by atoms with Crippen LogP contribution in [-0.2, 0) is 23.9 Å². The molecule has 1 aromatic rings. The van der Waals surface area contributed by atoms with Crippen LogP contribution in [0.3, 0.4) is 0 Å². The summed E-state index contributed by atoms with van der Waals surface area (Å²) in [5, 5.41) is 0. The molecule has 12 nitrogen and oxygen atoms in total. The average Bonchev–Trinajstić information content (AvgIpc) is 3.36. The zero-order valence-corrected chi connectivity index (χ0v) is 23.1. The summed E-state index contributed by atoms with van der Waals surface area (Å²) in [7, 11) is 0. The molecule has 1 aliphatic rings. The van der Waals surface area contributed by atoms with Crippen molar-refractivity contribution in [2.24, 2.45) is 0 Å². The van der Waals surface area contributed by atoms with Crippen LogP contribution >= 0.6 is 0 Å². The van der Waals surface area contributed by atoms with E-state index in [9.17, 15) is 24.0 Å². The molecule has 1 atom stereocenters. The molecule has 1 saturated heterocycles. The highest BCUT2D eigenvalue weighted by Crippen LogP contribution is 2.10. The third kappa shape index (κ3) is 11.7. The number of ketones is 4. The molecule has 1 aliphatic heterocycles. The van der Waals surface area contributed by atoms with Gasteiger partial charge in [0.25, 0.3) is 0 Å². The molecule has 0 N–H and O–H groups in total. The molecule has 2 rings (SSSR count). The lowest BCUT2D eigenvalue weighted by atomic mass is 10.1. The van der Waals surface area contributed by atoms with E-state index in [1.807, 2.05) is 9.80 Å². The van der Waals surface area contributed by atoms with Gasteiger partial charge in [-0.1, -0.05) is 0 Å². The van der Waals surface area contributed by atoms with E-state index >= 15 is 0 Å². The van der Waals surface area contributed by atoms with Crippen molar-refractivity contribution in [1.29, 1.82) is 0 Å². The second-order valence-electron chi connectivity index (χ2n) is 9.97. The van der Waals surface area contributed by atoms with Gasteiger partial charge in [0.1, 0.15) is 29.5 Å². The van der Waals surface area contributed by atoms with Crippen LogP contribution in [0.2, 0.25) is 0 Å². The average molecular weight is 535 g/mol. The molecule has 1 aromatic heterocycles. The van der Waals surface area contributed by atoms with Crippen LogP contribution in [0.25, 0.3) is 0 Å². The largest absolute Gasteiger partial charge is 0.449 e. The molecule has 2 heterocycles. The molecule has 0 spiro atoms. The highest BCUT2D eigenvalue weighted by Gasteiger charge is 2.26. The fourth-order valence-electron chi connectivity index (χ4n) is 4.63. The zero-order chi connectivity index (χ0) is 28.1. The van der Waals surface area contributed by atoms with Crippen LogP contribution in [0, 0.1) is 0 Å². The Morgan fingerprint density at radius 3 is 1.55 bits per heavy atom. The minimum atomic E-state index is -0.561. The molecule has 0 bridgehead atoms. The summed E-state index contributed by atoms with van der Waals surface area (Å²) in [6.07, 6.45) is 4.09. The third-order valence-electron chi connectivity index (χ3n) is 6.45. The van der Waals surface area contributed by atoms with Gasteiger partial charge in [0, 0.05) is 71.2 Å². The van der Waals surface area contributed by atoms with Crippen molar-refractivity contribution in [3.8, 4) is 0 Å². The van der Waals surface area contributed by atoms with Crippen LogP contribution in [0.15, 0.2) is 18.7 Å². The number of carbonyl (C=O) groups excluding carboxylic acids is 5. The predicted molar refractivity (Wildman–Crippen MR) is 141 cm³/mol. The number of carbonyl (C=O) groups is 5. The van der Waals surface area contributed by atoms with Gasteiger partial charge in [0.15, 0.2) is 0 Å². The number of nitrogens with zero attached hydrogens (tertiary/aromatic N) is 6. The van der Waals surface area contributed by atoms with Crippen molar-refractivity contribution in [2.75, 3.05) is 78.6 Å². The summed E-state index contributed by atoms with van der Waals surface area (Å²) in [5.41, 5.74) is 0. The van der Waals surface area contributed by atoms with Crippen molar-refractivity contribution >= 4 is 29.2 Å². The number of imidazole rings is 1. The Hall–Kier alpha value is -2.80. The molecular formula is C26H42N6O6. The van der Waals surface area contributed by atoms with E-state index in [0.717, 1.165) is 0 Å². The number of ether oxygens (including phenoxy) is 1. The lowest BCUT2D eigenvalue weighted by molar-refractivity contribution is -0.124. The van der Waals surface area contributed by atoms with E-state index in [0.29, 0.717) is 65.3 Å². The number of aromatic nitrogens is 2. The van der Waals surface area contributed by atoms with Crippen molar-refractivity contribution < 1.29 is 28.7 Å². The first-order valence-electron chi connectivity index (χ1n) is 13.1. The third-order valence-corrected chi connectivity index (χ3v) is 6.45. The van der Waals surface area contributed by atoms with Gasteiger partial charge in [0.05, 0.1) is 32.3 Å². The minimum Gasteiger partial charge on any atom is -0.449 e. The number of hydrogen-bond donors (Lipinski definition) is 0. The number of rotatable bonds is 11. The van der Waals surface area contributed by atoms with Gasteiger partial charge in [-0.05, 0) is 27.7 Å². The highest BCUT2D eigenvalue weighted by molar-refractivity contribution is 5.81. The Kier molecular flexibility index (Phi) is 13.4. The zero-order valence-electron chi connectivity index (χ0n) is 23.1. The van der Waals surface area contributed by atoms with Gasteiger partial charge in [-0.15, -0.1) is 0 Å². The van der Waals surface area contributed by atoms with Gasteiger partial charge in [0.2, 0.25) is 0 Å². The molecule has 0 radical (unpaired) electrons. The van der Waals surface area contributed by atoms with Crippen LogP contribution < -0.4 is 0 Å². The maximum atomic E-state index is 12.7. The van der Waals surface area contributed by atoms with E-state index < -0.39 is 12.1 Å². The Morgan fingerprint density at radius 1 is 0.737 bits per heavy atom. The summed E-state index contributed by atoms with van der Waals surface area (Å²) in [6.45, 7) is 11.7. The van der Waals surface area contributed by atoms with Gasteiger partial charge >= 0.3 is 6.09 Å². The molecule has 0 amide bonds. The molecule has 0 aromatic carbocycles. The van der Waals surface area contributed by atoms with E-state index in [4.69, 9.17) is 4.74 Å². The lowest BCUT2D eigenvalue weighted by Gasteiger charge is -2.36. The smallest absolute Gasteiger partial charge is 0.419 e. The first-order chi connectivity index (χ1) is 18.0. The molecule has 1 fully saturated rings. The quantitative estimate of drug-likeness (QED) is 0.387. The van der Waals surface area contributed by atoms with E-state index in [2.05, 4.69) is 14.8 Å². The van der Waals surface area contributed by atoms with Gasteiger partial charge in [-0.2, -0.15) is 0 Å². The first kappa shape index (κ1) is 31.4. The maximum absolute atomic E-state index is 12.7. The van der Waals surface area contributed by atoms with Crippen molar-refractivity contribution in [2.45, 2.75) is 40.2 Å². The normalized spacial score (nSPS) is 18.2. The van der Waals surface area contributed by atoms with Crippen LogP contribution in [0.4, 0.5) is 4.79 Å². The van der Waals surface area contributed by atoms with Gasteiger partial charge in [-0.25, -0.2) is 14.3 Å². The predicted octanol–water partition coefficient (Wildman–Crippen LogP) is 0.204. The highest BCUT2D eigenvalue weighted by atomic mass is 16.5. The van der Waals surface area contributed by atoms with E-state index in [1.54, 1.807) is 20.8 Å². The summed E-state index contributed by atoms with van der Waals surface area (Å²) in [4.78, 5) is 72.7. The first-order valence-corrected chi connectivity index (χ1v) is 13.1. The molecular weight excluding hydrogens is 492 g/mol. The van der Waals surface area contributed by atoms with Crippen LogP contribution in [-0.4, -0.2) is 143 Å². The topological polar surface area (TPSA) is 125 Å². The number of hydrogen-bond acceptors (Lipinski definition) is 11. The Morgan fingerprint density at radius 2 is 1.18 bits per heavy atom. The monoisotopic (exact) mass is 534 g/mol. The molecule has 38 heavy (non-hydrogen) atoms. The van der Waals surface area contributed by atoms with Gasteiger partial charge < -0.3 is 4.74 Å². The van der Waals surface area contributed by atoms with Crippen LogP contribution in [0.5, 0.6) is 0 Å². The molecule has 0 saturated carbocycles. The van der Waals surface area contributed by atoms with E-state index in [-0.39, 0.29) is 42.8 Å². The van der Waals surface area contributed by atoms with Crippen molar-refractivity contribution in [1.82, 2.24) is 29.2 Å². The summed E-state index contributed by atoms with van der Waals surface area (Å²) >= 11 is 0. The molecule has 0 aliphatic carbocycles. The summed E-state index contributed by atoms with van der Waals surface area (Å²) in [6, 6.07) is -0.485. The second-order valence-corrected chi connectivity index (χ2v) is 9.97. The Labute approximate surface area is 224 Å². The second kappa shape index (κ2) is 16.2. The van der Waals surface area contributed by atoms with Crippen molar-refractivity contribution in [3.63, 3.8) is 0 Å². The summed E-state index contributed by atoms with van der Waals surface area (Å²) < 4.78 is 6.58. The summed E-state index contributed by atoms with van der Waals surface area (Å²) in [5.74, 6) is 0.116. The molecule has 1 unspecified atom stereocenters.